The Labute approximate surface area is 134 Å². The minimum Gasteiger partial charge on any atom is -0.307 e. The number of aryl methyl sites for hydroxylation is 1. The summed E-state index contributed by atoms with van der Waals surface area (Å²) in [5.74, 6) is 0.325. The average Bonchev–Trinajstić information content (AvgIpc) is 3.07. The third-order valence-corrected chi connectivity index (χ3v) is 3.59. The SMILES string of the molecule is Cc1ccccc1N(Cc1ccccc1)C(=O)Cc1nn[nH]n1. The molecule has 3 rings (SSSR count). The van der Waals surface area contributed by atoms with Crippen molar-refractivity contribution in [2.75, 3.05) is 4.90 Å². The summed E-state index contributed by atoms with van der Waals surface area (Å²) in [4.78, 5) is 14.5. The molecular formula is C17H17N5O. The molecule has 0 saturated carbocycles. The molecule has 0 unspecified atom stereocenters. The summed E-state index contributed by atoms with van der Waals surface area (Å²) in [5.41, 5.74) is 3.01. The lowest BCUT2D eigenvalue weighted by molar-refractivity contribution is -0.118. The molecule has 6 heteroatoms. The van der Waals surface area contributed by atoms with E-state index in [1.165, 1.54) is 0 Å². The molecule has 0 fully saturated rings. The summed E-state index contributed by atoms with van der Waals surface area (Å²) >= 11 is 0. The van der Waals surface area contributed by atoms with Crippen LogP contribution in [-0.4, -0.2) is 26.5 Å². The first-order valence-electron chi connectivity index (χ1n) is 7.36. The number of benzene rings is 2. The Morgan fingerprint density at radius 1 is 1.09 bits per heavy atom. The number of hydrogen-bond acceptors (Lipinski definition) is 4. The van der Waals surface area contributed by atoms with Crippen LogP contribution in [0.2, 0.25) is 0 Å². The zero-order chi connectivity index (χ0) is 16.1. The molecule has 0 aliphatic carbocycles. The second kappa shape index (κ2) is 6.83. The molecule has 0 spiro atoms. The van der Waals surface area contributed by atoms with E-state index in [9.17, 15) is 4.79 Å². The Balaban J connectivity index is 1.89. The maximum atomic E-state index is 12.8. The number of anilines is 1. The van der Waals surface area contributed by atoms with E-state index in [2.05, 4.69) is 20.6 Å². The molecule has 0 aliphatic heterocycles. The third-order valence-electron chi connectivity index (χ3n) is 3.59. The van der Waals surface area contributed by atoms with Gasteiger partial charge in [0.25, 0.3) is 0 Å². The lowest BCUT2D eigenvalue weighted by atomic mass is 10.1. The van der Waals surface area contributed by atoms with Crippen molar-refractivity contribution in [2.45, 2.75) is 19.9 Å². The van der Waals surface area contributed by atoms with Crippen LogP contribution in [0.4, 0.5) is 5.69 Å². The van der Waals surface area contributed by atoms with Crippen LogP contribution < -0.4 is 4.90 Å². The molecular weight excluding hydrogens is 290 g/mol. The first-order chi connectivity index (χ1) is 11.2. The van der Waals surface area contributed by atoms with Crippen molar-refractivity contribution in [3.8, 4) is 0 Å². The fraction of sp³-hybridized carbons (Fsp3) is 0.176. The van der Waals surface area contributed by atoms with Crippen LogP contribution in [0.5, 0.6) is 0 Å². The van der Waals surface area contributed by atoms with Crippen LogP contribution in [0.15, 0.2) is 54.6 Å². The first-order valence-corrected chi connectivity index (χ1v) is 7.36. The van der Waals surface area contributed by atoms with Crippen molar-refractivity contribution >= 4 is 11.6 Å². The van der Waals surface area contributed by atoms with Gasteiger partial charge in [0, 0.05) is 5.69 Å². The Bertz CT molecular complexity index is 771. The van der Waals surface area contributed by atoms with Crippen LogP contribution in [0.1, 0.15) is 17.0 Å². The molecule has 6 nitrogen and oxygen atoms in total. The van der Waals surface area contributed by atoms with Gasteiger partial charge in [0.2, 0.25) is 5.91 Å². The van der Waals surface area contributed by atoms with Crippen molar-refractivity contribution in [1.29, 1.82) is 0 Å². The number of aromatic amines is 1. The van der Waals surface area contributed by atoms with E-state index in [4.69, 9.17) is 0 Å². The van der Waals surface area contributed by atoms with Gasteiger partial charge in [0.1, 0.15) is 0 Å². The zero-order valence-electron chi connectivity index (χ0n) is 12.8. The Morgan fingerprint density at radius 2 is 1.83 bits per heavy atom. The number of nitrogens with one attached hydrogen (secondary N) is 1. The largest absolute Gasteiger partial charge is 0.307 e. The standard InChI is InChI=1S/C17H17N5O/c1-13-7-5-6-10-15(13)22(12-14-8-3-2-4-9-14)17(23)11-16-18-20-21-19-16/h2-10H,11-12H2,1H3,(H,18,19,20,21). The molecule has 1 N–H and O–H groups in total. The monoisotopic (exact) mass is 307 g/mol. The number of nitrogens with zero attached hydrogens (tertiary/aromatic N) is 4. The molecule has 1 heterocycles. The highest BCUT2D eigenvalue weighted by Crippen LogP contribution is 2.22. The number of para-hydroxylation sites is 1. The second-order valence-electron chi connectivity index (χ2n) is 5.26. The van der Waals surface area contributed by atoms with Gasteiger partial charge in [-0.05, 0) is 24.1 Å². The third kappa shape index (κ3) is 3.60. The molecule has 3 aromatic rings. The predicted octanol–water partition coefficient (Wildman–Crippen LogP) is 2.28. The van der Waals surface area contributed by atoms with Crippen LogP contribution in [0.3, 0.4) is 0 Å². The number of tetrazole rings is 1. The summed E-state index contributed by atoms with van der Waals surface area (Å²) in [5, 5.41) is 13.6. The summed E-state index contributed by atoms with van der Waals surface area (Å²) in [6, 6.07) is 17.7. The van der Waals surface area contributed by atoms with Crippen molar-refractivity contribution in [1.82, 2.24) is 20.6 Å². The normalized spacial score (nSPS) is 10.5. The van der Waals surface area contributed by atoms with Gasteiger partial charge < -0.3 is 4.90 Å². The average molecular weight is 307 g/mol. The molecule has 0 saturated heterocycles. The summed E-state index contributed by atoms with van der Waals surface area (Å²) in [6.07, 6.45) is 0.109. The molecule has 0 bridgehead atoms. The van der Waals surface area contributed by atoms with Gasteiger partial charge in [-0.3, -0.25) is 4.79 Å². The van der Waals surface area contributed by atoms with Gasteiger partial charge in [-0.25, -0.2) is 0 Å². The van der Waals surface area contributed by atoms with Crippen LogP contribution in [0, 0.1) is 6.92 Å². The maximum Gasteiger partial charge on any atom is 0.235 e. The van der Waals surface area contributed by atoms with E-state index in [-0.39, 0.29) is 12.3 Å². The van der Waals surface area contributed by atoms with Crippen molar-refractivity contribution in [3.05, 3.63) is 71.5 Å². The fourth-order valence-corrected chi connectivity index (χ4v) is 2.43. The molecule has 2 aromatic carbocycles. The van der Waals surface area contributed by atoms with Gasteiger partial charge in [0.05, 0.1) is 13.0 Å². The smallest absolute Gasteiger partial charge is 0.235 e. The molecule has 116 valence electrons. The van der Waals surface area contributed by atoms with Crippen LogP contribution in [0.25, 0.3) is 0 Å². The van der Waals surface area contributed by atoms with E-state index in [1.54, 1.807) is 4.90 Å². The highest BCUT2D eigenvalue weighted by Gasteiger charge is 2.19. The number of H-pyrrole nitrogens is 1. The molecule has 0 aliphatic rings. The Hall–Kier alpha value is -3.02. The number of hydrogen-bond donors (Lipinski definition) is 1. The van der Waals surface area contributed by atoms with E-state index >= 15 is 0 Å². The molecule has 1 amide bonds. The Morgan fingerprint density at radius 3 is 2.52 bits per heavy atom. The van der Waals surface area contributed by atoms with E-state index < -0.39 is 0 Å². The van der Waals surface area contributed by atoms with Gasteiger partial charge in [-0.2, -0.15) is 5.21 Å². The fourth-order valence-electron chi connectivity index (χ4n) is 2.43. The maximum absolute atomic E-state index is 12.8. The van der Waals surface area contributed by atoms with Gasteiger partial charge >= 0.3 is 0 Å². The molecule has 1 aromatic heterocycles. The van der Waals surface area contributed by atoms with E-state index in [0.29, 0.717) is 12.4 Å². The predicted molar refractivity (Wildman–Crippen MR) is 86.7 cm³/mol. The van der Waals surface area contributed by atoms with Crippen LogP contribution >= 0.6 is 0 Å². The van der Waals surface area contributed by atoms with Crippen molar-refractivity contribution < 1.29 is 4.79 Å². The van der Waals surface area contributed by atoms with Crippen molar-refractivity contribution in [3.63, 3.8) is 0 Å². The first kappa shape index (κ1) is 14.9. The lowest BCUT2D eigenvalue weighted by Gasteiger charge is -2.24. The summed E-state index contributed by atoms with van der Waals surface area (Å²) in [6.45, 7) is 2.50. The summed E-state index contributed by atoms with van der Waals surface area (Å²) < 4.78 is 0. The minimum absolute atomic E-state index is 0.0652. The molecule has 0 radical (unpaired) electrons. The number of rotatable bonds is 5. The molecule has 0 atom stereocenters. The highest BCUT2D eigenvalue weighted by atomic mass is 16.2. The molecule has 23 heavy (non-hydrogen) atoms. The van der Waals surface area contributed by atoms with Gasteiger partial charge in [-0.1, -0.05) is 53.7 Å². The number of amides is 1. The number of aromatic nitrogens is 4. The highest BCUT2D eigenvalue weighted by molar-refractivity contribution is 5.95. The zero-order valence-corrected chi connectivity index (χ0v) is 12.8. The quantitative estimate of drug-likeness (QED) is 0.784. The van der Waals surface area contributed by atoms with Gasteiger partial charge in [-0.15, -0.1) is 10.2 Å². The number of carbonyl (C=O) groups excluding carboxylic acids is 1. The van der Waals surface area contributed by atoms with Crippen LogP contribution in [-0.2, 0) is 17.8 Å². The Kier molecular flexibility index (Phi) is 4.42. The van der Waals surface area contributed by atoms with Crippen molar-refractivity contribution in [2.24, 2.45) is 0 Å². The van der Waals surface area contributed by atoms with E-state index in [0.717, 1.165) is 16.8 Å². The lowest BCUT2D eigenvalue weighted by Crippen LogP contribution is -2.32. The topological polar surface area (TPSA) is 74.8 Å². The number of carbonyl (C=O) groups is 1. The van der Waals surface area contributed by atoms with Gasteiger partial charge in [0.15, 0.2) is 5.82 Å². The second-order valence-corrected chi connectivity index (χ2v) is 5.26. The van der Waals surface area contributed by atoms with E-state index in [1.807, 2.05) is 61.5 Å². The minimum atomic E-state index is -0.0652. The summed E-state index contributed by atoms with van der Waals surface area (Å²) in [7, 11) is 0.